The number of phenolic OH excluding ortho intramolecular Hbond substituents is 1. The molecule has 0 unspecified atom stereocenters. The molecule has 0 heterocycles. The summed E-state index contributed by atoms with van der Waals surface area (Å²) in [5.74, 6) is 0.125. The number of aromatic hydroxyl groups is 1. The summed E-state index contributed by atoms with van der Waals surface area (Å²) in [6.45, 7) is 3.34. The van der Waals surface area contributed by atoms with E-state index in [4.69, 9.17) is 0 Å². The molecule has 2 N–H and O–H groups in total. The number of hydrogen-bond donors (Lipinski definition) is 2. The van der Waals surface area contributed by atoms with Gasteiger partial charge in [-0.25, -0.2) is 0 Å². The van der Waals surface area contributed by atoms with Crippen LogP contribution in [0, 0.1) is 13.8 Å². The summed E-state index contributed by atoms with van der Waals surface area (Å²) in [6, 6.07) is 18.3. The molecule has 27 heavy (non-hydrogen) atoms. The first-order valence-electron chi connectivity index (χ1n) is 8.22. The Labute approximate surface area is 166 Å². The van der Waals surface area contributed by atoms with Crippen molar-refractivity contribution < 1.29 is 18.1 Å². The van der Waals surface area contributed by atoms with Crippen LogP contribution < -0.4 is 0 Å². The van der Waals surface area contributed by atoms with Gasteiger partial charge in [0.25, 0.3) is 10.1 Å². The van der Waals surface area contributed by atoms with Crippen molar-refractivity contribution in [2.75, 3.05) is 0 Å². The first kappa shape index (κ1) is 21.0. The van der Waals surface area contributed by atoms with E-state index in [1.54, 1.807) is 38.1 Å². The second-order valence-electron chi connectivity index (χ2n) is 6.33. The third-order valence-corrected chi connectivity index (χ3v) is 5.66. The summed E-state index contributed by atoms with van der Waals surface area (Å²) in [5, 5.41) is 10.3. The summed E-state index contributed by atoms with van der Waals surface area (Å²) in [6.07, 6.45) is 0.485. The van der Waals surface area contributed by atoms with E-state index in [2.05, 4.69) is 0 Å². The van der Waals surface area contributed by atoms with E-state index in [0.29, 0.717) is 23.1 Å². The van der Waals surface area contributed by atoms with Gasteiger partial charge in [0.15, 0.2) is 0 Å². The minimum Gasteiger partial charge on any atom is -0.507 e. The van der Waals surface area contributed by atoms with Crippen LogP contribution in [0.15, 0.2) is 65.6 Å². The fourth-order valence-corrected chi connectivity index (χ4v) is 4.35. The van der Waals surface area contributed by atoms with Gasteiger partial charge in [-0.15, -0.1) is 0 Å². The van der Waals surface area contributed by atoms with Crippen LogP contribution in [0.1, 0.15) is 22.3 Å². The first-order valence-corrected chi connectivity index (χ1v) is 9.66. The summed E-state index contributed by atoms with van der Waals surface area (Å²) in [7, 11) is -4.35. The van der Waals surface area contributed by atoms with Gasteiger partial charge in [0, 0.05) is 5.56 Å². The van der Waals surface area contributed by atoms with Crippen molar-refractivity contribution in [3.8, 4) is 16.9 Å². The Morgan fingerprint density at radius 1 is 0.889 bits per heavy atom. The minimum absolute atomic E-state index is 0. The highest BCUT2D eigenvalue weighted by atomic mass is 32.2. The second-order valence-corrected chi connectivity index (χ2v) is 7.69. The molecule has 4 nitrogen and oxygen atoms in total. The number of para-hydroxylation sites is 1. The maximum absolute atomic E-state index is 11.9. The molecule has 0 aliphatic heterocycles. The zero-order valence-corrected chi connectivity index (χ0v) is 16.9. The van der Waals surface area contributed by atoms with Crippen LogP contribution in [0.4, 0.5) is 0 Å². The molecule has 0 radical (unpaired) electrons. The van der Waals surface area contributed by atoms with Crippen molar-refractivity contribution >= 4 is 23.6 Å². The Morgan fingerprint density at radius 2 is 1.48 bits per heavy atom. The molecule has 3 aromatic rings. The van der Waals surface area contributed by atoms with Gasteiger partial charge in [0.2, 0.25) is 0 Å². The molecule has 0 aliphatic carbocycles. The molecule has 142 valence electrons. The Bertz CT molecular complexity index is 1060. The lowest BCUT2D eigenvalue weighted by atomic mass is 9.89. The normalized spacial score (nSPS) is 11.1. The molecular formula is C21H22O4S2. The number of hydrogen-bond acceptors (Lipinski definition) is 3. The highest BCUT2D eigenvalue weighted by Crippen LogP contribution is 2.37. The van der Waals surface area contributed by atoms with Crippen molar-refractivity contribution in [2.24, 2.45) is 0 Å². The third kappa shape index (κ3) is 4.35. The Morgan fingerprint density at radius 3 is 2.07 bits per heavy atom. The van der Waals surface area contributed by atoms with Crippen LogP contribution in [0.25, 0.3) is 11.1 Å². The lowest BCUT2D eigenvalue weighted by molar-refractivity contribution is 0.477. The molecule has 0 saturated carbocycles. The van der Waals surface area contributed by atoms with Crippen LogP contribution >= 0.6 is 13.5 Å². The van der Waals surface area contributed by atoms with Crippen LogP contribution in [0.2, 0.25) is 0 Å². The van der Waals surface area contributed by atoms with E-state index in [1.807, 2.05) is 36.4 Å². The second kappa shape index (κ2) is 8.17. The molecular weight excluding hydrogens is 380 g/mol. The topological polar surface area (TPSA) is 74.6 Å². The molecule has 0 atom stereocenters. The molecule has 0 bridgehead atoms. The smallest absolute Gasteiger partial charge is 0.295 e. The molecule has 0 amide bonds. The lowest BCUT2D eigenvalue weighted by Gasteiger charge is -2.19. The van der Waals surface area contributed by atoms with Gasteiger partial charge >= 0.3 is 0 Å². The SMILES string of the molecule is Cc1cc(-c2ccccc2O)c(Cc2ccccc2)c(C)c1S(=O)(=O)O.S. The zero-order valence-electron chi connectivity index (χ0n) is 15.1. The highest BCUT2D eigenvalue weighted by molar-refractivity contribution is 7.86. The Kier molecular flexibility index (Phi) is 6.36. The highest BCUT2D eigenvalue weighted by Gasteiger charge is 2.23. The Balaban J connectivity index is 0.00000261. The Hall–Kier alpha value is -2.28. The van der Waals surface area contributed by atoms with Crippen LogP contribution in [0.3, 0.4) is 0 Å². The van der Waals surface area contributed by atoms with E-state index in [1.165, 1.54) is 0 Å². The van der Waals surface area contributed by atoms with Crippen molar-refractivity contribution in [3.63, 3.8) is 0 Å². The van der Waals surface area contributed by atoms with E-state index in [-0.39, 0.29) is 24.1 Å². The van der Waals surface area contributed by atoms with Crippen molar-refractivity contribution in [1.29, 1.82) is 0 Å². The van der Waals surface area contributed by atoms with Crippen molar-refractivity contribution in [1.82, 2.24) is 0 Å². The number of benzene rings is 3. The van der Waals surface area contributed by atoms with Gasteiger partial charge in [-0.05, 0) is 60.2 Å². The average molecular weight is 403 g/mol. The lowest BCUT2D eigenvalue weighted by Crippen LogP contribution is -2.08. The molecule has 0 aliphatic rings. The monoisotopic (exact) mass is 402 g/mol. The van der Waals surface area contributed by atoms with E-state index >= 15 is 0 Å². The predicted octanol–water partition coefficient (Wildman–Crippen LogP) is 4.63. The maximum Gasteiger partial charge on any atom is 0.295 e. The minimum atomic E-state index is -4.35. The molecule has 0 saturated heterocycles. The van der Waals surface area contributed by atoms with Gasteiger partial charge in [-0.3, -0.25) is 4.55 Å². The predicted molar refractivity (Wildman–Crippen MR) is 112 cm³/mol. The summed E-state index contributed by atoms with van der Waals surface area (Å²) in [4.78, 5) is -0.0670. The first-order chi connectivity index (χ1) is 12.3. The largest absolute Gasteiger partial charge is 0.507 e. The van der Waals surface area contributed by atoms with Crippen LogP contribution in [0.5, 0.6) is 5.75 Å². The summed E-state index contributed by atoms with van der Waals surface area (Å²) < 4.78 is 33.5. The van der Waals surface area contributed by atoms with Gasteiger partial charge in [-0.2, -0.15) is 21.9 Å². The summed E-state index contributed by atoms with van der Waals surface area (Å²) in [5.41, 5.74) is 4.10. The number of phenols is 1. The fraction of sp³-hybridized carbons (Fsp3) is 0.143. The molecule has 6 heteroatoms. The molecule has 0 fully saturated rings. The van der Waals surface area contributed by atoms with Crippen LogP contribution in [-0.4, -0.2) is 18.1 Å². The van der Waals surface area contributed by atoms with Gasteiger partial charge in [-0.1, -0.05) is 48.5 Å². The van der Waals surface area contributed by atoms with Crippen LogP contribution in [-0.2, 0) is 16.5 Å². The van der Waals surface area contributed by atoms with Gasteiger partial charge < -0.3 is 5.11 Å². The van der Waals surface area contributed by atoms with E-state index in [0.717, 1.165) is 16.7 Å². The number of rotatable bonds is 4. The van der Waals surface area contributed by atoms with Gasteiger partial charge in [0.05, 0.1) is 0 Å². The van der Waals surface area contributed by atoms with Crippen molar-refractivity contribution in [3.05, 3.63) is 82.9 Å². The average Bonchev–Trinajstić information content (AvgIpc) is 2.57. The third-order valence-electron chi connectivity index (χ3n) is 4.51. The maximum atomic E-state index is 11.9. The summed E-state index contributed by atoms with van der Waals surface area (Å²) >= 11 is 0. The van der Waals surface area contributed by atoms with Gasteiger partial charge in [0.1, 0.15) is 10.6 Å². The van der Waals surface area contributed by atoms with E-state index < -0.39 is 10.1 Å². The standard InChI is InChI=1S/C21H20O4S.H2S/c1-14-12-19(17-10-6-7-11-20(17)22)18(13-16-8-4-3-5-9-16)15(2)21(14)26(23,24)25;/h3-12,22H,13H2,1-2H3,(H,23,24,25);1H2. The number of aryl methyl sites for hydroxylation is 1. The fourth-order valence-electron chi connectivity index (χ4n) is 3.37. The van der Waals surface area contributed by atoms with E-state index in [9.17, 15) is 18.1 Å². The quantitative estimate of drug-likeness (QED) is 0.624. The van der Waals surface area contributed by atoms with Crippen molar-refractivity contribution in [2.45, 2.75) is 25.2 Å². The zero-order chi connectivity index (χ0) is 18.9. The molecule has 3 rings (SSSR count). The molecule has 0 aromatic heterocycles. The molecule has 0 spiro atoms. The molecule has 3 aromatic carbocycles.